The number of amides is 1. The zero-order valence-electron chi connectivity index (χ0n) is 16.7. The fraction of sp³-hybridized carbons (Fsp3) is 0.500. The van der Waals surface area contributed by atoms with Crippen molar-refractivity contribution in [2.45, 2.75) is 17.9 Å². The molecule has 0 unspecified atom stereocenters. The lowest BCUT2D eigenvalue weighted by Crippen LogP contribution is -2.38. The minimum absolute atomic E-state index is 0.00719. The number of nitrogens with zero attached hydrogens (tertiary/aromatic N) is 4. The van der Waals surface area contributed by atoms with Crippen molar-refractivity contribution in [1.29, 1.82) is 0 Å². The van der Waals surface area contributed by atoms with E-state index >= 15 is 0 Å². The molecule has 0 spiro atoms. The first kappa shape index (κ1) is 22.8. The van der Waals surface area contributed by atoms with Gasteiger partial charge in [-0.1, -0.05) is 23.4 Å². The molecule has 9 nitrogen and oxygen atoms in total. The molecular weight excluding hydrogens is 475 g/mol. The number of carbonyl (C=O) groups is 1. The van der Waals surface area contributed by atoms with Gasteiger partial charge in [0.05, 0.1) is 29.7 Å². The third kappa shape index (κ3) is 5.51. The van der Waals surface area contributed by atoms with Crippen molar-refractivity contribution in [3.63, 3.8) is 0 Å². The zero-order valence-corrected chi connectivity index (χ0v) is 18.2. The first-order valence-electron chi connectivity index (χ1n) is 9.64. The Hall–Kier alpha value is -2.38. The molecule has 174 valence electrons. The summed E-state index contributed by atoms with van der Waals surface area (Å²) in [6.07, 6.45) is -4.47. The number of hydrogen-bond acceptors (Lipinski definition) is 8. The molecule has 0 radical (unpaired) electrons. The number of morpholine rings is 1. The highest BCUT2D eigenvalue weighted by molar-refractivity contribution is 7.99. The predicted molar refractivity (Wildman–Crippen MR) is 111 cm³/mol. The molecule has 2 aliphatic rings. The van der Waals surface area contributed by atoms with Gasteiger partial charge in [-0.2, -0.15) is 13.2 Å². The highest BCUT2D eigenvalue weighted by Crippen LogP contribution is 2.38. The quantitative estimate of drug-likeness (QED) is 0.614. The maximum Gasteiger partial charge on any atom is 0.406 e. The van der Waals surface area contributed by atoms with Gasteiger partial charge in [0.2, 0.25) is 11.9 Å². The average molecular weight is 494 g/mol. The summed E-state index contributed by atoms with van der Waals surface area (Å²) in [6.45, 7) is 1.10. The largest absolute Gasteiger partial charge is 0.486 e. The van der Waals surface area contributed by atoms with Crippen LogP contribution in [0.1, 0.15) is 0 Å². The van der Waals surface area contributed by atoms with Crippen molar-refractivity contribution < 1.29 is 32.2 Å². The maximum absolute atomic E-state index is 13.2. The van der Waals surface area contributed by atoms with Gasteiger partial charge in [-0.25, -0.2) is 0 Å². The monoisotopic (exact) mass is 493 g/mol. The molecule has 14 heteroatoms. The van der Waals surface area contributed by atoms with E-state index in [4.69, 9.17) is 25.8 Å². The number of ether oxygens (including phenoxy) is 3. The van der Waals surface area contributed by atoms with Crippen molar-refractivity contribution in [2.24, 2.45) is 0 Å². The topological polar surface area (TPSA) is 90.7 Å². The normalized spacial score (nSPS) is 16.2. The van der Waals surface area contributed by atoms with E-state index in [1.165, 1.54) is 6.07 Å². The molecule has 1 N–H and O–H groups in total. The number of nitrogens with one attached hydrogen (secondary N) is 1. The average Bonchev–Trinajstić information content (AvgIpc) is 3.14. The fourth-order valence-corrected chi connectivity index (χ4v) is 4.11. The second-order valence-electron chi connectivity index (χ2n) is 6.90. The van der Waals surface area contributed by atoms with Gasteiger partial charge in [0.25, 0.3) is 0 Å². The summed E-state index contributed by atoms with van der Waals surface area (Å²) in [5.74, 6) is 0.365. The van der Waals surface area contributed by atoms with Gasteiger partial charge in [0, 0.05) is 25.2 Å². The van der Waals surface area contributed by atoms with Crippen molar-refractivity contribution in [1.82, 2.24) is 14.8 Å². The summed E-state index contributed by atoms with van der Waals surface area (Å²) in [5, 5.41) is 10.7. The summed E-state index contributed by atoms with van der Waals surface area (Å²) in [4.78, 5) is 14.1. The lowest BCUT2D eigenvalue weighted by atomic mass is 10.2. The Labute approximate surface area is 190 Å². The van der Waals surface area contributed by atoms with Crippen LogP contribution in [0.3, 0.4) is 0 Å². The molecule has 2 aromatic rings. The van der Waals surface area contributed by atoms with E-state index in [-0.39, 0.29) is 21.9 Å². The van der Waals surface area contributed by atoms with Crippen LogP contribution in [0.2, 0.25) is 5.02 Å². The van der Waals surface area contributed by atoms with E-state index in [9.17, 15) is 18.0 Å². The SMILES string of the molecule is O=C(CSc1nnc(N2CCOCC2)n1CC(F)(F)F)Nc1cc2c(cc1Cl)OCCO2. The number of anilines is 2. The van der Waals surface area contributed by atoms with E-state index in [1.807, 2.05) is 0 Å². The van der Waals surface area contributed by atoms with Gasteiger partial charge in [-0.3, -0.25) is 9.36 Å². The minimum Gasteiger partial charge on any atom is -0.486 e. The van der Waals surface area contributed by atoms with Crippen molar-refractivity contribution in [2.75, 3.05) is 55.5 Å². The number of halogens is 4. The molecule has 0 aliphatic carbocycles. The van der Waals surface area contributed by atoms with Crippen LogP contribution in [-0.4, -0.2) is 72.1 Å². The van der Waals surface area contributed by atoms with Crippen LogP contribution in [-0.2, 0) is 16.1 Å². The Morgan fingerprint density at radius 1 is 1.12 bits per heavy atom. The van der Waals surface area contributed by atoms with Crippen LogP contribution in [0.15, 0.2) is 17.3 Å². The highest BCUT2D eigenvalue weighted by atomic mass is 35.5. The van der Waals surface area contributed by atoms with Crippen molar-refractivity contribution in [3.05, 3.63) is 17.2 Å². The first-order chi connectivity index (χ1) is 15.3. The number of fused-ring (bicyclic) bond motifs is 1. The van der Waals surface area contributed by atoms with E-state index in [0.29, 0.717) is 56.7 Å². The molecule has 0 bridgehead atoms. The summed E-state index contributed by atoms with van der Waals surface area (Å²) in [7, 11) is 0. The maximum atomic E-state index is 13.2. The molecular formula is C18H19ClF3N5O4S. The molecule has 1 amide bonds. The van der Waals surface area contributed by atoms with Crippen LogP contribution in [0.4, 0.5) is 24.8 Å². The Bertz CT molecular complexity index is 984. The number of alkyl halides is 3. The zero-order chi connectivity index (χ0) is 22.7. The molecule has 1 fully saturated rings. The lowest BCUT2D eigenvalue weighted by molar-refractivity contribution is -0.141. The molecule has 1 aromatic carbocycles. The smallest absolute Gasteiger partial charge is 0.406 e. The Morgan fingerprint density at radius 2 is 1.81 bits per heavy atom. The number of thioether (sulfide) groups is 1. The number of carbonyl (C=O) groups excluding carboxylic acids is 1. The van der Waals surface area contributed by atoms with Crippen molar-refractivity contribution in [3.8, 4) is 11.5 Å². The Kier molecular flexibility index (Phi) is 6.86. The number of benzene rings is 1. The summed E-state index contributed by atoms with van der Waals surface area (Å²) < 4.78 is 56.6. The third-order valence-electron chi connectivity index (χ3n) is 4.57. The summed E-state index contributed by atoms with van der Waals surface area (Å²) >= 11 is 7.04. The summed E-state index contributed by atoms with van der Waals surface area (Å²) in [5.41, 5.74) is 0.312. The molecule has 1 aromatic heterocycles. The van der Waals surface area contributed by atoms with Gasteiger partial charge in [0.15, 0.2) is 16.7 Å². The lowest BCUT2D eigenvalue weighted by Gasteiger charge is -2.28. The second-order valence-corrected chi connectivity index (χ2v) is 8.25. The van der Waals surface area contributed by atoms with E-state index in [2.05, 4.69) is 15.5 Å². The van der Waals surface area contributed by atoms with E-state index in [0.717, 1.165) is 16.3 Å². The second kappa shape index (κ2) is 9.63. The van der Waals surface area contributed by atoms with Crippen LogP contribution in [0, 0.1) is 0 Å². The molecule has 0 atom stereocenters. The van der Waals surface area contributed by atoms with Gasteiger partial charge < -0.3 is 24.4 Å². The minimum atomic E-state index is -4.47. The number of rotatable bonds is 6. The number of aromatic nitrogens is 3. The summed E-state index contributed by atoms with van der Waals surface area (Å²) in [6, 6.07) is 3.08. The van der Waals surface area contributed by atoms with Crippen molar-refractivity contribution >= 4 is 40.9 Å². The molecule has 0 saturated carbocycles. The first-order valence-corrected chi connectivity index (χ1v) is 11.0. The molecule has 1 saturated heterocycles. The van der Waals surface area contributed by atoms with Gasteiger partial charge in [0.1, 0.15) is 19.8 Å². The van der Waals surface area contributed by atoms with Crippen LogP contribution in [0.5, 0.6) is 11.5 Å². The van der Waals surface area contributed by atoms with E-state index < -0.39 is 18.6 Å². The Balaban J connectivity index is 1.45. The standard InChI is InChI=1S/C18H19ClF3N5O4S/c19-11-7-13-14(31-6-5-30-13)8-12(11)23-15(28)9-32-17-25-24-16(26-1-3-29-4-2-26)27(17)10-18(20,21)22/h7-8H,1-6,9-10H2,(H,23,28). The molecule has 32 heavy (non-hydrogen) atoms. The van der Waals surface area contributed by atoms with Crippen LogP contribution in [0.25, 0.3) is 0 Å². The van der Waals surface area contributed by atoms with Gasteiger partial charge >= 0.3 is 6.18 Å². The fourth-order valence-electron chi connectivity index (χ4n) is 3.18. The predicted octanol–water partition coefficient (Wildman–Crippen LogP) is 2.83. The number of hydrogen-bond donors (Lipinski definition) is 1. The molecule has 2 aliphatic heterocycles. The highest BCUT2D eigenvalue weighted by Gasteiger charge is 2.33. The third-order valence-corrected chi connectivity index (χ3v) is 5.85. The van der Waals surface area contributed by atoms with Crippen LogP contribution >= 0.6 is 23.4 Å². The Morgan fingerprint density at radius 3 is 2.50 bits per heavy atom. The van der Waals surface area contributed by atoms with E-state index in [1.54, 1.807) is 11.0 Å². The van der Waals surface area contributed by atoms with Gasteiger partial charge in [-0.15, -0.1) is 10.2 Å². The molecule has 3 heterocycles. The van der Waals surface area contributed by atoms with Crippen LogP contribution < -0.4 is 19.7 Å². The molecule has 4 rings (SSSR count). The van der Waals surface area contributed by atoms with Gasteiger partial charge in [-0.05, 0) is 0 Å².